The Morgan fingerprint density at radius 1 is 0.920 bits per heavy atom. The quantitative estimate of drug-likeness (QED) is 0.251. The van der Waals surface area contributed by atoms with Crippen LogP contribution in [0.25, 0.3) is 5.69 Å². The molecule has 0 saturated heterocycles. The molecule has 0 bridgehead atoms. The number of rotatable bonds is 1. The first-order chi connectivity index (χ1) is 11.5. The Morgan fingerprint density at radius 3 is 1.88 bits per heavy atom. The highest BCUT2D eigenvalue weighted by molar-refractivity contribution is 6.50. The minimum atomic E-state index is -6.00. The van der Waals surface area contributed by atoms with E-state index in [-0.39, 0.29) is 6.61 Å². The van der Waals surface area contributed by atoms with Gasteiger partial charge in [-0.3, -0.25) is 0 Å². The van der Waals surface area contributed by atoms with Gasteiger partial charge < -0.3 is 22.0 Å². The number of nitrogens with zero attached hydrogens (tertiary/aromatic N) is 3. The topological polar surface area (TPSA) is 30.9 Å². The highest BCUT2D eigenvalue weighted by Crippen LogP contribution is 2.23. The maximum atomic E-state index is 13.6. The van der Waals surface area contributed by atoms with Crippen molar-refractivity contribution in [1.29, 1.82) is 0 Å². The van der Waals surface area contributed by atoms with Gasteiger partial charge in [0.1, 0.15) is 13.2 Å². The van der Waals surface area contributed by atoms with Gasteiger partial charge >= 0.3 is 7.25 Å². The van der Waals surface area contributed by atoms with E-state index in [4.69, 9.17) is 4.74 Å². The SMILES string of the molecule is F[B-](F)(F)F.Fc1c(F)c(F)c(-[n+]2cn3c(n2)COCC3)c(F)c1F. The second-order valence-electron chi connectivity index (χ2n) is 4.64. The summed E-state index contributed by atoms with van der Waals surface area (Å²) in [6.07, 6.45) is 1.16. The normalized spacial score (nSPS) is 14.0. The number of fused-ring (bicyclic) bond motifs is 1. The molecule has 0 unspecified atom stereocenters. The van der Waals surface area contributed by atoms with Crippen LogP contribution in [0.5, 0.6) is 0 Å². The summed E-state index contributed by atoms with van der Waals surface area (Å²) in [5, 5.41) is 3.77. The highest BCUT2D eigenvalue weighted by atomic mass is 19.5. The standard InChI is InChI=1S/C11H7F5N3O.BF4/c12-6-7(13)9(15)11(10(16)8(6)14)19-4-18-1-2-20-3-5(18)17-19;2-1(3,4)5/h4H,1-3H2;/q+1;-1. The van der Waals surface area contributed by atoms with E-state index in [1.807, 2.05) is 0 Å². The monoisotopic (exact) mass is 379 g/mol. The van der Waals surface area contributed by atoms with Gasteiger partial charge in [0.05, 0.1) is 6.61 Å². The van der Waals surface area contributed by atoms with E-state index in [9.17, 15) is 39.2 Å². The van der Waals surface area contributed by atoms with E-state index in [0.29, 0.717) is 23.7 Å². The Morgan fingerprint density at radius 2 is 1.40 bits per heavy atom. The summed E-state index contributed by atoms with van der Waals surface area (Å²) in [6.45, 7) is 0.855. The molecule has 1 aliphatic rings. The van der Waals surface area contributed by atoms with Gasteiger partial charge in [-0.1, -0.05) is 4.68 Å². The van der Waals surface area contributed by atoms with Crippen LogP contribution in [-0.4, -0.2) is 23.5 Å². The molecular formula is C11H7BF9N3O. The Bertz CT molecular complexity index is 734. The summed E-state index contributed by atoms with van der Waals surface area (Å²) in [7, 11) is -6.00. The van der Waals surface area contributed by atoms with Crippen LogP contribution in [0.1, 0.15) is 5.82 Å². The van der Waals surface area contributed by atoms with Crippen molar-refractivity contribution in [3.8, 4) is 5.69 Å². The van der Waals surface area contributed by atoms with Gasteiger partial charge in [0, 0.05) is 0 Å². The number of hydrogen-bond donors (Lipinski definition) is 0. The van der Waals surface area contributed by atoms with E-state index >= 15 is 0 Å². The van der Waals surface area contributed by atoms with Crippen LogP contribution in [0.3, 0.4) is 0 Å². The van der Waals surface area contributed by atoms with Crippen molar-refractivity contribution in [3.63, 3.8) is 0 Å². The van der Waals surface area contributed by atoms with Crippen molar-refractivity contribution in [2.24, 2.45) is 0 Å². The van der Waals surface area contributed by atoms with Crippen molar-refractivity contribution in [1.82, 2.24) is 9.67 Å². The molecule has 25 heavy (non-hydrogen) atoms. The zero-order valence-electron chi connectivity index (χ0n) is 11.9. The first-order valence-corrected chi connectivity index (χ1v) is 6.45. The molecular weight excluding hydrogens is 372 g/mol. The smallest absolute Gasteiger partial charge is 0.418 e. The largest absolute Gasteiger partial charge is 0.673 e. The molecule has 0 spiro atoms. The van der Waals surface area contributed by atoms with Crippen molar-refractivity contribution < 1.29 is 48.6 Å². The average molecular weight is 379 g/mol. The lowest BCUT2D eigenvalue weighted by Gasteiger charge is -2.06. The molecule has 0 N–H and O–H groups in total. The number of ether oxygens (including phenoxy) is 1. The van der Waals surface area contributed by atoms with Gasteiger partial charge in [-0.05, 0) is 5.10 Å². The molecule has 0 saturated carbocycles. The fraction of sp³-hybridized carbons (Fsp3) is 0.273. The van der Waals surface area contributed by atoms with Crippen LogP contribution in [0.2, 0.25) is 0 Å². The van der Waals surface area contributed by atoms with Crippen LogP contribution < -0.4 is 4.68 Å². The molecule has 2 heterocycles. The number of aromatic nitrogens is 3. The summed E-state index contributed by atoms with van der Waals surface area (Å²) in [6, 6.07) is 0. The second kappa shape index (κ2) is 6.94. The predicted octanol–water partition coefficient (Wildman–Crippen LogP) is 2.69. The molecule has 0 atom stereocenters. The van der Waals surface area contributed by atoms with Gasteiger partial charge in [-0.2, -0.15) is 8.78 Å². The average Bonchev–Trinajstić information content (AvgIpc) is 2.93. The third kappa shape index (κ3) is 4.24. The van der Waals surface area contributed by atoms with Gasteiger partial charge in [-0.25, -0.2) is 17.7 Å². The van der Waals surface area contributed by atoms with Crippen molar-refractivity contribution in [2.45, 2.75) is 13.2 Å². The van der Waals surface area contributed by atoms with Crippen LogP contribution >= 0.6 is 0 Å². The zero-order chi connectivity index (χ0) is 18.9. The lowest BCUT2D eigenvalue weighted by atomic mass is 10.2. The molecule has 0 amide bonds. The molecule has 1 aromatic carbocycles. The molecule has 1 aliphatic heterocycles. The summed E-state index contributed by atoms with van der Waals surface area (Å²) in [4.78, 5) is 0. The molecule has 0 radical (unpaired) electrons. The molecule has 138 valence electrons. The summed E-state index contributed by atoms with van der Waals surface area (Å²) in [5.41, 5.74) is -1.11. The van der Waals surface area contributed by atoms with E-state index < -0.39 is 42.0 Å². The minimum absolute atomic E-state index is 0.0996. The van der Waals surface area contributed by atoms with Crippen molar-refractivity contribution in [2.75, 3.05) is 6.61 Å². The maximum absolute atomic E-state index is 13.6. The fourth-order valence-corrected chi connectivity index (χ4v) is 1.93. The first kappa shape index (κ1) is 19.1. The Kier molecular flexibility index (Phi) is 5.30. The molecule has 3 rings (SSSR count). The van der Waals surface area contributed by atoms with Crippen molar-refractivity contribution >= 4 is 7.25 Å². The highest BCUT2D eigenvalue weighted by Gasteiger charge is 2.32. The lowest BCUT2D eigenvalue weighted by molar-refractivity contribution is -0.661. The predicted molar refractivity (Wildman–Crippen MR) is 63.4 cm³/mol. The third-order valence-electron chi connectivity index (χ3n) is 2.93. The van der Waals surface area contributed by atoms with E-state index in [0.717, 1.165) is 6.33 Å². The number of benzene rings is 1. The molecule has 1 aromatic heterocycles. The van der Waals surface area contributed by atoms with Crippen LogP contribution in [-0.2, 0) is 17.9 Å². The first-order valence-electron chi connectivity index (χ1n) is 6.45. The Hall–Kier alpha value is -2.25. The fourth-order valence-electron chi connectivity index (χ4n) is 1.93. The summed E-state index contributed by atoms with van der Waals surface area (Å²) in [5.74, 6) is -9.73. The molecule has 0 aliphatic carbocycles. The molecule has 4 nitrogen and oxygen atoms in total. The van der Waals surface area contributed by atoms with Crippen LogP contribution in [0, 0.1) is 29.1 Å². The number of halogens is 9. The van der Waals surface area contributed by atoms with Crippen LogP contribution in [0.4, 0.5) is 39.2 Å². The Balaban J connectivity index is 0.000000399. The van der Waals surface area contributed by atoms with Gasteiger partial charge in [0.25, 0.3) is 12.2 Å². The molecule has 0 fully saturated rings. The van der Waals surface area contributed by atoms with E-state index in [2.05, 4.69) is 5.10 Å². The van der Waals surface area contributed by atoms with Gasteiger partial charge in [-0.15, -0.1) is 0 Å². The van der Waals surface area contributed by atoms with Gasteiger partial charge in [0.15, 0.2) is 0 Å². The van der Waals surface area contributed by atoms with Crippen molar-refractivity contribution in [3.05, 3.63) is 41.2 Å². The number of hydrogen-bond acceptors (Lipinski definition) is 2. The van der Waals surface area contributed by atoms with E-state index in [1.165, 1.54) is 4.57 Å². The maximum Gasteiger partial charge on any atom is 0.673 e. The molecule has 2 aromatic rings. The lowest BCUT2D eigenvalue weighted by Crippen LogP contribution is -2.36. The van der Waals surface area contributed by atoms with Gasteiger partial charge in [0.2, 0.25) is 34.8 Å². The zero-order valence-corrected chi connectivity index (χ0v) is 11.9. The summed E-state index contributed by atoms with van der Waals surface area (Å²) >= 11 is 0. The second-order valence-corrected chi connectivity index (χ2v) is 4.64. The Labute approximate surface area is 133 Å². The molecule has 14 heteroatoms. The van der Waals surface area contributed by atoms with E-state index in [1.54, 1.807) is 0 Å². The third-order valence-corrected chi connectivity index (χ3v) is 2.93. The van der Waals surface area contributed by atoms with Crippen LogP contribution in [0.15, 0.2) is 6.33 Å². The summed E-state index contributed by atoms with van der Waals surface area (Å²) < 4.78 is 113. The minimum Gasteiger partial charge on any atom is -0.418 e.